The Morgan fingerprint density at radius 2 is 1.07 bits per heavy atom. The van der Waals surface area contributed by atoms with Crippen molar-refractivity contribution < 1.29 is 0 Å². The highest BCUT2D eigenvalue weighted by Crippen LogP contribution is 2.26. The van der Waals surface area contributed by atoms with Crippen LogP contribution in [0.1, 0.15) is 50.6 Å². The van der Waals surface area contributed by atoms with E-state index in [0.717, 1.165) is 11.0 Å². The molecule has 0 atom stereocenters. The van der Waals surface area contributed by atoms with Crippen molar-refractivity contribution in [2.75, 3.05) is 0 Å². The predicted octanol–water partition coefficient (Wildman–Crippen LogP) is 5.90. The minimum absolute atomic E-state index is 0.858. The van der Waals surface area contributed by atoms with Gasteiger partial charge >= 0.3 is 0 Å². The van der Waals surface area contributed by atoms with Crippen LogP contribution in [0.2, 0.25) is 0 Å². The van der Waals surface area contributed by atoms with Gasteiger partial charge in [-0.2, -0.15) is 5.10 Å². The first-order chi connectivity index (χ1) is 13.1. The fourth-order valence-corrected chi connectivity index (χ4v) is 3.56. The van der Waals surface area contributed by atoms with E-state index in [4.69, 9.17) is 10.5 Å². The Balaban J connectivity index is 2.24. The third kappa shape index (κ3) is 3.28. The molecule has 0 aliphatic rings. The van der Waals surface area contributed by atoms with Gasteiger partial charge in [0.05, 0.1) is 5.36 Å². The van der Waals surface area contributed by atoms with Gasteiger partial charge in [0.15, 0.2) is 0 Å². The molecule has 0 unspecified atom stereocenters. The van der Waals surface area contributed by atoms with Crippen LogP contribution in [0.25, 0.3) is 5.43 Å². The van der Waals surface area contributed by atoms with Crippen LogP contribution in [0.4, 0.5) is 5.69 Å². The molecule has 0 bridgehead atoms. The van der Waals surface area contributed by atoms with E-state index in [1.165, 1.54) is 50.6 Å². The van der Waals surface area contributed by atoms with E-state index in [1.807, 2.05) is 9.35 Å². The fraction of sp³-hybridized carbons (Fsp3) is 0.375. The van der Waals surface area contributed by atoms with Crippen molar-refractivity contribution in [3.05, 3.63) is 85.6 Å². The summed E-state index contributed by atoms with van der Waals surface area (Å²) >= 11 is 0. The minimum Gasteiger partial charge on any atom is -0.589 e. The lowest BCUT2D eigenvalue weighted by molar-refractivity contribution is 0.777. The summed E-state index contributed by atoms with van der Waals surface area (Å²) in [6, 6.07) is 8.31. The minimum atomic E-state index is 0.858. The molecule has 0 spiro atoms. The third-order valence-electron chi connectivity index (χ3n) is 6.25. The van der Waals surface area contributed by atoms with Crippen molar-refractivity contribution in [3.8, 4) is 0 Å². The normalized spacial score (nSPS) is 12.0. The molecule has 28 heavy (non-hydrogen) atoms. The summed E-state index contributed by atoms with van der Waals surface area (Å²) in [4.78, 5) is 0. The molecular formula is C24H31N4-. The first-order valence-corrected chi connectivity index (χ1v) is 9.81. The summed E-state index contributed by atoms with van der Waals surface area (Å²) in [6.45, 7) is 19.2. The Labute approximate surface area is 168 Å². The zero-order valence-electron chi connectivity index (χ0n) is 18.6. The second-order valence-electron chi connectivity index (χ2n) is 7.85. The number of hydrogen-bond donors (Lipinski definition) is 0. The monoisotopic (exact) mass is 375 g/mol. The van der Waals surface area contributed by atoms with Gasteiger partial charge in [0, 0.05) is 22.8 Å². The van der Waals surface area contributed by atoms with E-state index in [9.17, 15) is 0 Å². The highest BCUT2D eigenvalue weighted by molar-refractivity contribution is 5.50. The first-order valence-electron chi connectivity index (χ1n) is 9.81. The van der Waals surface area contributed by atoms with Crippen molar-refractivity contribution in [2.24, 2.45) is 5.10 Å². The van der Waals surface area contributed by atoms with Crippen LogP contribution in [0, 0.1) is 62.3 Å². The fourth-order valence-electron chi connectivity index (χ4n) is 3.56. The van der Waals surface area contributed by atoms with Crippen LogP contribution in [-0.2, 0) is 0 Å². The van der Waals surface area contributed by atoms with Gasteiger partial charge in [-0.15, -0.1) is 0 Å². The summed E-state index contributed by atoms with van der Waals surface area (Å²) in [7, 11) is 0. The first kappa shape index (κ1) is 20.0. The molecule has 0 amide bonds. The van der Waals surface area contributed by atoms with Gasteiger partial charge in [-0.25, -0.2) is 4.68 Å². The molecule has 0 aliphatic carbocycles. The average Bonchev–Trinajstić information content (AvgIpc) is 2.89. The van der Waals surface area contributed by atoms with Crippen LogP contribution in [0.15, 0.2) is 29.4 Å². The van der Waals surface area contributed by atoms with E-state index >= 15 is 0 Å². The van der Waals surface area contributed by atoms with Crippen molar-refractivity contribution in [3.63, 3.8) is 0 Å². The number of hydrogen-bond acceptors (Lipinski definition) is 1. The molecule has 1 aromatic carbocycles. The maximum atomic E-state index is 5.00. The molecule has 0 fully saturated rings. The van der Waals surface area contributed by atoms with Gasteiger partial charge in [0.1, 0.15) is 0 Å². The Bertz CT molecular complexity index is 1080. The van der Waals surface area contributed by atoms with Crippen LogP contribution >= 0.6 is 0 Å². The number of nitrogens with zero attached hydrogens (tertiary/aromatic N) is 4. The van der Waals surface area contributed by atoms with E-state index in [0.29, 0.717) is 0 Å². The molecule has 4 heteroatoms. The van der Waals surface area contributed by atoms with Gasteiger partial charge in [-0.1, -0.05) is 29.4 Å². The molecule has 0 saturated carbocycles. The molecule has 3 rings (SSSR count). The van der Waals surface area contributed by atoms with Gasteiger partial charge in [0.2, 0.25) is 0 Å². The molecule has 2 aromatic heterocycles. The summed E-state index contributed by atoms with van der Waals surface area (Å²) in [5.41, 5.74) is 16.9. The summed E-state index contributed by atoms with van der Waals surface area (Å²) in [5, 5.41) is 5.86. The number of aromatic nitrogens is 2. The van der Waals surface area contributed by atoms with Crippen molar-refractivity contribution in [1.82, 2.24) is 9.35 Å². The zero-order chi connectivity index (χ0) is 20.7. The van der Waals surface area contributed by atoms with Crippen molar-refractivity contribution in [1.29, 1.82) is 0 Å². The van der Waals surface area contributed by atoms with Crippen LogP contribution < -0.4 is 5.36 Å². The Morgan fingerprint density at radius 3 is 1.61 bits per heavy atom. The average molecular weight is 376 g/mol. The van der Waals surface area contributed by atoms with Crippen LogP contribution in [0.5, 0.6) is 0 Å². The van der Waals surface area contributed by atoms with Crippen LogP contribution in [-0.4, -0.2) is 9.35 Å². The zero-order valence-corrected chi connectivity index (χ0v) is 18.6. The molecule has 148 valence electrons. The summed E-state index contributed by atoms with van der Waals surface area (Å²) < 4.78 is 4.08. The molecule has 0 aliphatic heterocycles. The lowest BCUT2D eigenvalue weighted by Gasteiger charge is -2.28. The number of rotatable bonds is 3. The van der Waals surface area contributed by atoms with Gasteiger partial charge < -0.3 is 10.1 Å². The smallest absolute Gasteiger partial charge is 0.0703 e. The Morgan fingerprint density at radius 1 is 0.607 bits per heavy atom. The molecule has 4 nitrogen and oxygen atoms in total. The van der Waals surface area contributed by atoms with E-state index < -0.39 is 0 Å². The van der Waals surface area contributed by atoms with Crippen LogP contribution in [0.3, 0.4) is 0 Å². The lowest BCUT2D eigenvalue weighted by atomic mass is 10.2. The summed E-state index contributed by atoms with van der Waals surface area (Å²) in [5.74, 6) is 0. The van der Waals surface area contributed by atoms with E-state index in [-0.39, 0.29) is 0 Å². The van der Waals surface area contributed by atoms with E-state index in [2.05, 4.69) is 86.6 Å². The maximum absolute atomic E-state index is 5.00. The number of aryl methyl sites for hydroxylation is 1. The third-order valence-corrected chi connectivity index (χ3v) is 6.25. The standard InChI is InChI=1S/C24H31N4/c1-14-10-12-23(25-27-19(6)15(2)16(3)20(27)7)24(13-11-14)26-28-21(8)17(4)18(5)22(28)9/h10-13H,1-9H3/q-1. The second-order valence-corrected chi connectivity index (χ2v) is 7.85. The van der Waals surface area contributed by atoms with Crippen molar-refractivity contribution >= 4 is 5.69 Å². The molecule has 0 N–H and O–H groups in total. The topological polar surface area (TPSA) is 36.3 Å². The van der Waals surface area contributed by atoms with Gasteiger partial charge in [0.25, 0.3) is 0 Å². The lowest BCUT2D eigenvalue weighted by Crippen LogP contribution is -2.08. The molecule has 0 radical (unpaired) electrons. The largest absolute Gasteiger partial charge is 0.589 e. The Hall–Kier alpha value is -2.75. The molecular weight excluding hydrogens is 344 g/mol. The van der Waals surface area contributed by atoms with Crippen molar-refractivity contribution in [2.45, 2.75) is 62.3 Å². The van der Waals surface area contributed by atoms with Gasteiger partial charge in [-0.3, -0.25) is 0 Å². The molecule has 3 aromatic rings. The second kappa shape index (κ2) is 7.34. The predicted molar refractivity (Wildman–Crippen MR) is 117 cm³/mol. The summed E-state index contributed by atoms with van der Waals surface area (Å²) in [6.07, 6.45) is 0. The van der Waals surface area contributed by atoms with Gasteiger partial charge in [-0.05, 0) is 90.6 Å². The molecule has 2 heterocycles. The SMILES string of the molecule is Cc1ccc([N-]n2c(C)c(C)c(C)c2C)/c(=N/n2c(C)c(C)c(C)c2C)cc1. The quantitative estimate of drug-likeness (QED) is 0.547. The maximum Gasteiger partial charge on any atom is 0.0703 e. The Kier molecular flexibility index (Phi) is 5.24. The van der Waals surface area contributed by atoms with E-state index in [1.54, 1.807) is 0 Å². The highest BCUT2D eigenvalue weighted by Gasteiger charge is 2.10. The molecule has 0 saturated heterocycles. The highest BCUT2D eigenvalue weighted by atomic mass is 15.4.